The maximum Gasteiger partial charge on any atom is 0.255 e. The molecule has 0 N–H and O–H groups in total. The normalized spacial score (nSPS) is 17.6. The molecule has 0 unspecified atom stereocenters. The molecule has 3 heterocycles. The summed E-state index contributed by atoms with van der Waals surface area (Å²) in [6.45, 7) is 9.14. The maximum absolute atomic E-state index is 12.8. The molecule has 0 aliphatic carbocycles. The van der Waals surface area contributed by atoms with Gasteiger partial charge in [0, 0.05) is 45.2 Å². The molecule has 0 bridgehead atoms. The zero-order valence-electron chi connectivity index (χ0n) is 15.1. The molecular weight excluding hydrogens is 318 g/mol. The SMILES string of the molecule is CCN(CC)c1ccc(C(=O)N2CCC[C@H](c3noc(C)n3)C2)cn1. The third-order valence-corrected chi connectivity index (χ3v) is 4.70. The van der Waals surface area contributed by atoms with Gasteiger partial charge in [-0.05, 0) is 38.8 Å². The van der Waals surface area contributed by atoms with E-state index in [2.05, 4.69) is 33.9 Å². The summed E-state index contributed by atoms with van der Waals surface area (Å²) in [7, 11) is 0. The first-order chi connectivity index (χ1) is 12.1. The van der Waals surface area contributed by atoms with Crippen LogP contribution in [0.4, 0.5) is 5.82 Å². The van der Waals surface area contributed by atoms with Gasteiger partial charge in [0.25, 0.3) is 5.91 Å². The summed E-state index contributed by atoms with van der Waals surface area (Å²) in [5.74, 6) is 2.32. The number of carbonyl (C=O) groups is 1. The number of amides is 1. The Morgan fingerprint density at radius 3 is 2.76 bits per heavy atom. The van der Waals surface area contributed by atoms with Gasteiger partial charge in [0.1, 0.15) is 5.82 Å². The molecule has 1 fully saturated rings. The second-order valence-electron chi connectivity index (χ2n) is 6.34. The van der Waals surface area contributed by atoms with Gasteiger partial charge in [-0.3, -0.25) is 4.79 Å². The van der Waals surface area contributed by atoms with E-state index < -0.39 is 0 Å². The number of anilines is 1. The fourth-order valence-corrected chi connectivity index (χ4v) is 3.28. The van der Waals surface area contributed by atoms with Gasteiger partial charge in [0.05, 0.1) is 5.56 Å². The van der Waals surface area contributed by atoms with Crippen LogP contribution in [0, 0.1) is 6.92 Å². The minimum Gasteiger partial charge on any atom is -0.357 e. The molecule has 25 heavy (non-hydrogen) atoms. The van der Waals surface area contributed by atoms with Crippen LogP contribution in [0.15, 0.2) is 22.9 Å². The summed E-state index contributed by atoms with van der Waals surface area (Å²) in [5.41, 5.74) is 0.626. The largest absolute Gasteiger partial charge is 0.357 e. The highest BCUT2D eigenvalue weighted by atomic mass is 16.5. The first kappa shape index (κ1) is 17.4. The maximum atomic E-state index is 12.8. The molecule has 3 rings (SSSR count). The Balaban J connectivity index is 1.69. The van der Waals surface area contributed by atoms with Crippen LogP contribution >= 0.6 is 0 Å². The number of hydrogen-bond donors (Lipinski definition) is 0. The lowest BCUT2D eigenvalue weighted by Gasteiger charge is -2.31. The number of likely N-dealkylation sites (tertiary alicyclic amines) is 1. The zero-order chi connectivity index (χ0) is 17.8. The smallest absolute Gasteiger partial charge is 0.255 e. The first-order valence-corrected chi connectivity index (χ1v) is 8.92. The molecule has 7 heteroatoms. The second kappa shape index (κ2) is 7.63. The monoisotopic (exact) mass is 343 g/mol. The highest BCUT2D eigenvalue weighted by molar-refractivity contribution is 5.94. The van der Waals surface area contributed by atoms with Crippen molar-refractivity contribution in [1.29, 1.82) is 0 Å². The van der Waals surface area contributed by atoms with Crippen molar-refractivity contribution in [3.8, 4) is 0 Å². The average molecular weight is 343 g/mol. The van der Waals surface area contributed by atoms with Crippen LogP contribution in [-0.2, 0) is 0 Å². The predicted molar refractivity (Wildman–Crippen MR) is 94.7 cm³/mol. The summed E-state index contributed by atoms with van der Waals surface area (Å²) in [4.78, 5) is 25.6. The van der Waals surface area contributed by atoms with E-state index >= 15 is 0 Å². The van der Waals surface area contributed by atoms with Gasteiger partial charge in [-0.25, -0.2) is 4.98 Å². The molecule has 2 aromatic heterocycles. The van der Waals surface area contributed by atoms with Crippen LogP contribution in [0.3, 0.4) is 0 Å². The highest BCUT2D eigenvalue weighted by Crippen LogP contribution is 2.26. The van der Waals surface area contributed by atoms with E-state index in [-0.39, 0.29) is 11.8 Å². The number of hydrogen-bond acceptors (Lipinski definition) is 6. The first-order valence-electron chi connectivity index (χ1n) is 8.92. The number of aromatic nitrogens is 3. The molecule has 1 atom stereocenters. The van der Waals surface area contributed by atoms with Gasteiger partial charge in [0.15, 0.2) is 5.82 Å². The predicted octanol–water partition coefficient (Wildman–Crippen LogP) is 2.64. The minimum absolute atomic E-state index is 0.0171. The van der Waals surface area contributed by atoms with Gasteiger partial charge in [0.2, 0.25) is 5.89 Å². The van der Waals surface area contributed by atoms with Crippen LogP contribution in [0.2, 0.25) is 0 Å². The Morgan fingerprint density at radius 1 is 1.36 bits per heavy atom. The van der Waals surface area contributed by atoms with E-state index in [4.69, 9.17) is 4.52 Å². The van der Waals surface area contributed by atoms with E-state index in [0.717, 1.165) is 38.3 Å². The van der Waals surface area contributed by atoms with Crippen molar-refractivity contribution in [2.45, 2.75) is 39.5 Å². The van der Waals surface area contributed by atoms with Crippen LogP contribution in [0.1, 0.15) is 54.7 Å². The van der Waals surface area contributed by atoms with E-state index in [1.807, 2.05) is 17.0 Å². The summed E-state index contributed by atoms with van der Waals surface area (Å²) in [6.07, 6.45) is 3.59. The lowest BCUT2D eigenvalue weighted by molar-refractivity contribution is 0.0703. The topological polar surface area (TPSA) is 75.4 Å². The van der Waals surface area contributed by atoms with Gasteiger partial charge < -0.3 is 14.3 Å². The molecule has 0 spiro atoms. The molecule has 2 aromatic rings. The molecule has 0 saturated carbocycles. The Morgan fingerprint density at radius 2 is 2.16 bits per heavy atom. The lowest BCUT2D eigenvalue weighted by atomic mass is 9.97. The molecular formula is C18H25N5O2. The van der Waals surface area contributed by atoms with Crippen molar-refractivity contribution in [3.05, 3.63) is 35.6 Å². The number of pyridine rings is 1. The Bertz CT molecular complexity index is 709. The summed E-state index contributed by atoms with van der Waals surface area (Å²) in [5, 5.41) is 4.01. The van der Waals surface area contributed by atoms with Crippen molar-refractivity contribution in [2.75, 3.05) is 31.1 Å². The van der Waals surface area contributed by atoms with E-state index in [0.29, 0.717) is 23.8 Å². The average Bonchev–Trinajstić information content (AvgIpc) is 3.09. The van der Waals surface area contributed by atoms with Crippen LogP contribution in [-0.4, -0.2) is 52.1 Å². The molecule has 1 aliphatic heterocycles. The highest BCUT2D eigenvalue weighted by Gasteiger charge is 2.28. The third kappa shape index (κ3) is 3.81. The van der Waals surface area contributed by atoms with Gasteiger partial charge in [-0.15, -0.1) is 0 Å². The van der Waals surface area contributed by atoms with E-state index in [1.165, 1.54) is 0 Å². The number of carbonyl (C=O) groups excluding carboxylic acids is 1. The Labute approximate surface area is 148 Å². The molecule has 0 aromatic carbocycles. The van der Waals surface area contributed by atoms with Crippen LogP contribution in [0.25, 0.3) is 0 Å². The summed E-state index contributed by atoms with van der Waals surface area (Å²) < 4.78 is 5.08. The van der Waals surface area contributed by atoms with Crippen molar-refractivity contribution >= 4 is 11.7 Å². The van der Waals surface area contributed by atoms with Crippen LogP contribution in [0.5, 0.6) is 0 Å². The van der Waals surface area contributed by atoms with Crippen molar-refractivity contribution < 1.29 is 9.32 Å². The van der Waals surface area contributed by atoms with Crippen molar-refractivity contribution in [2.24, 2.45) is 0 Å². The Hall–Kier alpha value is -2.44. The fourth-order valence-electron chi connectivity index (χ4n) is 3.28. The van der Waals surface area contributed by atoms with Gasteiger partial charge >= 0.3 is 0 Å². The fraction of sp³-hybridized carbons (Fsp3) is 0.556. The van der Waals surface area contributed by atoms with E-state index in [1.54, 1.807) is 13.1 Å². The third-order valence-electron chi connectivity index (χ3n) is 4.70. The van der Waals surface area contributed by atoms with Crippen molar-refractivity contribution in [3.63, 3.8) is 0 Å². The molecule has 7 nitrogen and oxygen atoms in total. The minimum atomic E-state index is 0.0171. The van der Waals surface area contributed by atoms with E-state index in [9.17, 15) is 4.79 Å². The van der Waals surface area contributed by atoms with Gasteiger partial charge in [-0.1, -0.05) is 5.16 Å². The molecule has 134 valence electrons. The van der Waals surface area contributed by atoms with Gasteiger partial charge in [-0.2, -0.15) is 4.98 Å². The number of nitrogens with zero attached hydrogens (tertiary/aromatic N) is 5. The Kier molecular flexibility index (Phi) is 5.31. The van der Waals surface area contributed by atoms with Crippen LogP contribution < -0.4 is 4.90 Å². The molecule has 1 saturated heterocycles. The number of rotatable bonds is 5. The standard InChI is InChI=1S/C18H25N5O2/c1-4-22(5-2)16-9-8-14(11-19-16)18(24)23-10-6-7-15(12-23)17-20-13(3)25-21-17/h8-9,11,15H,4-7,10,12H2,1-3H3/t15-/m0/s1. The number of aryl methyl sites for hydroxylation is 1. The number of piperidine rings is 1. The molecule has 1 aliphatic rings. The second-order valence-corrected chi connectivity index (χ2v) is 6.34. The molecule has 1 amide bonds. The quantitative estimate of drug-likeness (QED) is 0.831. The lowest BCUT2D eigenvalue weighted by Crippen LogP contribution is -2.39. The zero-order valence-corrected chi connectivity index (χ0v) is 15.1. The summed E-state index contributed by atoms with van der Waals surface area (Å²) in [6, 6.07) is 3.79. The summed E-state index contributed by atoms with van der Waals surface area (Å²) >= 11 is 0. The van der Waals surface area contributed by atoms with Crippen molar-refractivity contribution in [1.82, 2.24) is 20.0 Å². The molecule has 0 radical (unpaired) electrons.